The number of hydrogen-bond donors (Lipinski definition) is 0. The van der Waals surface area contributed by atoms with Crippen molar-refractivity contribution in [2.24, 2.45) is 0 Å². The largest absolute Gasteiger partial charge is 0.308 e. The lowest BCUT2D eigenvalue weighted by Crippen LogP contribution is -1.95. The zero-order valence-electron chi connectivity index (χ0n) is 13.0. The van der Waals surface area contributed by atoms with E-state index in [0.29, 0.717) is 0 Å². The van der Waals surface area contributed by atoms with Crippen molar-refractivity contribution in [3.05, 3.63) is 91.0 Å². The smallest absolute Gasteiger partial charge is 0.0641 e. The van der Waals surface area contributed by atoms with Crippen LogP contribution in [0, 0.1) is 0 Å². The Morgan fingerprint density at radius 3 is 2.17 bits per heavy atom. The van der Waals surface area contributed by atoms with Crippen LogP contribution in [0.15, 0.2) is 91.0 Å². The minimum Gasteiger partial charge on any atom is -0.308 e. The van der Waals surface area contributed by atoms with Crippen LogP contribution in [0.4, 0.5) is 0 Å². The third-order valence-corrected chi connectivity index (χ3v) is 5.54. The molecule has 0 aliphatic heterocycles. The van der Waals surface area contributed by atoms with Crippen LogP contribution in [0.25, 0.3) is 37.2 Å². The van der Waals surface area contributed by atoms with Crippen molar-refractivity contribution in [1.82, 2.24) is 4.57 Å². The van der Waals surface area contributed by atoms with E-state index in [0.717, 1.165) is 0 Å². The van der Waals surface area contributed by atoms with Crippen LogP contribution >= 0.6 is 11.3 Å². The summed E-state index contributed by atoms with van der Waals surface area (Å²) in [6.45, 7) is 0. The molecule has 0 radical (unpaired) electrons. The molecule has 5 aromatic rings. The second-order valence-corrected chi connectivity index (χ2v) is 6.99. The van der Waals surface area contributed by atoms with Crippen molar-refractivity contribution in [2.75, 3.05) is 0 Å². The fourth-order valence-electron chi connectivity index (χ4n) is 3.30. The molecule has 0 saturated carbocycles. The molecule has 0 aliphatic rings. The molecule has 5 rings (SSSR count). The Bertz CT molecular complexity index is 1120. The van der Waals surface area contributed by atoms with Crippen molar-refractivity contribution in [1.29, 1.82) is 0 Å². The number of rotatable bonds is 2. The Balaban J connectivity index is 1.85. The summed E-state index contributed by atoms with van der Waals surface area (Å²) in [5, 5.41) is 2.58. The maximum Gasteiger partial charge on any atom is 0.0641 e. The molecular formula is C22H15NS. The zero-order chi connectivity index (χ0) is 15.9. The van der Waals surface area contributed by atoms with Gasteiger partial charge in [-0.2, -0.15) is 0 Å². The van der Waals surface area contributed by atoms with E-state index < -0.39 is 0 Å². The summed E-state index contributed by atoms with van der Waals surface area (Å²) in [7, 11) is 0. The van der Waals surface area contributed by atoms with Crippen LogP contribution in [0.1, 0.15) is 0 Å². The second kappa shape index (κ2) is 5.36. The third-order valence-electron chi connectivity index (χ3n) is 4.40. The predicted molar refractivity (Wildman–Crippen MR) is 104 cm³/mol. The Hall–Kier alpha value is -2.84. The zero-order valence-corrected chi connectivity index (χ0v) is 13.8. The summed E-state index contributed by atoms with van der Waals surface area (Å²) < 4.78 is 3.69. The standard InChI is InChI=1S/C22H15NS/c1-2-10-18(11-3-1)23-19-12-6-4-8-16(19)14-20(23)22-15-17-9-5-7-13-21(17)24-22/h1-15H. The molecule has 0 aliphatic carbocycles. The van der Waals surface area contributed by atoms with Gasteiger partial charge in [0.05, 0.1) is 16.1 Å². The first kappa shape index (κ1) is 13.6. The van der Waals surface area contributed by atoms with Gasteiger partial charge in [-0.3, -0.25) is 0 Å². The van der Waals surface area contributed by atoms with Gasteiger partial charge in [-0.15, -0.1) is 11.3 Å². The van der Waals surface area contributed by atoms with Gasteiger partial charge in [0.25, 0.3) is 0 Å². The molecule has 0 unspecified atom stereocenters. The number of hydrogen-bond acceptors (Lipinski definition) is 1. The van der Waals surface area contributed by atoms with Crippen LogP contribution < -0.4 is 0 Å². The Kier molecular flexibility index (Phi) is 3.03. The summed E-state index contributed by atoms with van der Waals surface area (Å²) >= 11 is 1.85. The SMILES string of the molecule is c1ccc(-n2c(-c3cc4ccccc4s3)cc3ccccc32)cc1. The van der Waals surface area contributed by atoms with Gasteiger partial charge in [-0.05, 0) is 41.8 Å². The molecule has 0 atom stereocenters. The van der Waals surface area contributed by atoms with E-state index in [1.54, 1.807) is 0 Å². The van der Waals surface area contributed by atoms with E-state index in [1.165, 1.54) is 37.2 Å². The van der Waals surface area contributed by atoms with Crippen molar-refractivity contribution in [3.63, 3.8) is 0 Å². The topological polar surface area (TPSA) is 4.93 Å². The second-order valence-electron chi connectivity index (χ2n) is 5.91. The van der Waals surface area contributed by atoms with Gasteiger partial charge in [-0.25, -0.2) is 0 Å². The lowest BCUT2D eigenvalue weighted by Gasteiger charge is -2.09. The number of nitrogens with zero attached hydrogens (tertiary/aromatic N) is 1. The number of fused-ring (bicyclic) bond motifs is 2. The number of aromatic nitrogens is 1. The number of benzene rings is 3. The van der Waals surface area contributed by atoms with Crippen molar-refractivity contribution in [2.45, 2.75) is 0 Å². The minimum absolute atomic E-state index is 1.20. The number of thiophene rings is 1. The molecule has 1 nitrogen and oxygen atoms in total. The molecule has 0 bridgehead atoms. The molecule has 0 fully saturated rings. The van der Waals surface area contributed by atoms with Gasteiger partial charge in [0.2, 0.25) is 0 Å². The molecule has 0 spiro atoms. The molecule has 24 heavy (non-hydrogen) atoms. The van der Waals surface area contributed by atoms with Gasteiger partial charge in [0.15, 0.2) is 0 Å². The predicted octanol–water partition coefficient (Wildman–Crippen LogP) is 6.51. The molecule has 3 aromatic carbocycles. The highest BCUT2D eigenvalue weighted by Crippen LogP contribution is 2.38. The fraction of sp³-hybridized carbons (Fsp3) is 0. The van der Waals surface area contributed by atoms with Gasteiger partial charge in [0.1, 0.15) is 0 Å². The highest BCUT2D eigenvalue weighted by Gasteiger charge is 2.14. The monoisotopic (exact) mass is 325 g/mol. The molecule has 0 N–H and O–H groups in total. The number of para-hydroxylation sites is 2. The molecule has 0 amide bonds. The van der Waals surface area contributed by atoms with E-state index in [4.69, 9.17) is 0 Å². The van der Waals surface area contributed by atoms with Crippen molar-refractivity contribution < 1.29 is 0 Å². The average Bonchev–Trinajstić information content (AvgIpc) is 3.23. The van der Waals surface area contributed by atoms with Crippen molar-refractivity contribution in [3.8, 4) is 16.3 Å². The Morgan fingerprint density at radius 1 is 0.625 bits per heavy atom. The summed E-state index contributed by atoms with van der Waals surface area (Å²) in [5.41, 5.74) is 3.70. The maximum atomic E-state index is 2.36. The molecular weight excluding hydrogens is 310 g/mol. The molecule has 0 saturated heterocycles. The maximum absolute atomic E-state index is 2.36. The Labute approximate surface area is 144 Å². The van der Waals surface area contributed by atoms with E-state index >= 15 is 0 Å². The van der Waals surface area contributed by atoms with Crippen molar-refractivity contribution >= 4 is 32.3 Å². The highest BCUT2D eigenvalue weighted by atomic mass is 32.1. The van der Waals surface area contributed by atoms with E-state index in [2.05, 4.69) is 95.6 Å². The lowest BCUT2D eigenvalue weighted by molar-refractivity contribution is 1.14. The lowest BCUT2D eigenvalue weighted by atomic mass is 10.2. The normalized spacial score (nSPS) is 11.3. The molecule has 2 heterocycles. The first-order valence-corrected chi connectivity index (χ1v) is 8.87. The van der Waals surface area contributed by atoms with E-state index in [1.807, 2.05) is 11.3 Å². The first-order valence-electron chi connectivity index (χ1n) is 8.05. The van der Waals surface area contributed by atoms with Gasteiger partial charge in [0, 0.05) is 15.8 Å². The van der Waals surface area contributed by atoms with Crippen LogP contribution in [-0.4, -0.2) is 4.57 Å². The quantitative estimate of drug-likeness (QED) is 0.348. The van der Waals surface area contributed by atoms with Gasteiger partial charge < -0.3 is 4.57 Å². The first-order chi connectivity index (χ1) is 11.9. The minimum atomic E-state index is 1.20. The summed E-state index contributed by atoms with van der Waals surface area (Å²) in [5.74, 6) is 0. The van der Waals surface area contributed by atoms with Gasteiger partial charge in [-0.1, -0.05) is 54.6 Å². The van der Waals surface area contributed by atoms with E-state index in [9.17, 15) is 0 Å². The Morgan fingerprint density at radius 2 is 1.33 bits per heavy atom. The fourth-order valence-corrected chi connectivity index (χ4v) is 4.37. The van der Waals surface area contributed by atoms with Gasteiger partial charge >= 0.3 is 0 Å². The molecule has 114 valence electrons. The van der Waals surface area contributed by atoms with Crippen LogP contribution in [-0.2, 0) is 0 Å². The average molecular weight is 325 g/mol. The van der Waals surface area contributed by atoms with Crippen LogP contribution in [0.2, 0.25) is 0 Å². The summed E-state index contributed by atoms with van der Waals surface area (Å²) in [6, 6.07) is 32.4. The third kappa shape index (κ3) is 2.08. The molecule has 2 heteroatoms. The van der Waals surface area contributed by atoms with Crippen LogP contribution in [0.3, 0.4) is 0 Å². The van der Waals surface area contributed by atoms with E-state index in [-0.39, 0.29) is 0 Å². The summed E-state index contributed by atoms with van der Waals surface area (Å²) in [6.07, 6.45) is 0. The molecule has 2 aromatic heterocycles. The highest BCUT2D eigenvalue weighted by molar-refractivity contribution is 7.22. The summed E-state index contributed by atoms with van der Waals surface area (Å²) in [4.78, 5) is 1.30. The van der Waals surface area contributed by atoms with Crippen LogP contribution in [0.5, 0.6) is 0 Å².